The van der Waals surface area contributed by atoms with Gasteiger partial charge in [-0.3, -0.25) is 9.69 Å². The molecule has 1 fully saturated rings. The highest BCUT2D eigenvalue weighted by molar-refractivity contribution is 5.75. The van der Waals surface area contributed by atoms with E-state index in [1.807, 2.05) is 0 Å². The van der Waals surface area contributed by atoms with Gasteiger partial charge in [0, 0.05) is 6.54 Å². The van der Waals surface area contributed by atoms with E-state index in [1.165, 1.54) is 34.9 Å². The zero-order valence-corrected chi connectivity index (χ0v) is 20.1. The summed E-state index contributed by atoms with van der Waals surface area (Å²) in [6, 6.07) is 23.5. The SMILES string of the molecule is COC(=O)[C@@H]1CCCCN1Cc1ccc(OC2CCc3c(-c4ccccc4)cccc32)c(C)c1. The van der Waals surface area contributed by atoms with Gasteiger partial charge in [-0.15, -0.1) is 0 Å². The molecule has 3 aromatic carbocycles. The third-order valence-electron chi connectivity index (χ3n) is 7.28. The Kier molecular flexibility index (Phi) is 6.68. The van der Waals surface area contributed by atoms with Crippen LogP contribution in [0.1, 0.15) is 54.0 Å². The van der Waals surface area contributed by atoms with E-state index in [1.54, 1.807) is 0 Å². The predicted octanol–water partition coefficient (Wildman–Crippen LogP) is 6.26. The van der Waals surface area contributed by atoms with Gasteiger partial charge in [0.05, 0.1) is 7.11 Å². The molecular formula is C30H33NO3. The summed E-state index contributed by atoms with van der Waals surface area (Å²) >= 11 is 0. The average Bonchev–Trinajstić information content (AvgIpc) is 3.29. The Bertz CT molecular complexity index is 1160. The topological polar surface area (TPSA) is 38.8 Å². The molecule has 0 N–H and O–H groups in total. The highest BCUT2D eigenvalue weighted by Gasteiger charge is 2.30. The van der Waals surface area contributed by atoms with Crippen LogP contribution in [-0.2, 0) is 22.5 Å². The number of carbonyl (C=O) groups excluding carboxylic acids is 1. The molecule has 176 valence electrons. The van der Waals surface area contributed by atoms with Crippen molar-refractivity contribution in [2.75, 3.05) is 13.7 Å². The van der Waals surface area contributed by atoms with E-state index in [-0.39, 0.29) is 18.1 Å². The van der Waals surface area contributed by atoms with Crippen LogP contribution in [0.15, 0.2) is 66.7 Å². The molecule has 0 radical (unpaired) electrons. The monoisotopic (exact) mass is 455 g/mol. The number of rotatable bonds is 6. The van der Waals surface area contributed by atoms with Gasteiger partial charge in [-0.25, -0.2) is 0 Å². The number of aryl methyl sites for hydroxylation is 1. The number of benzene rings is 3. The lowest BCUT2D eigenvalue weighted by Gasteiger charge is -2.33. The minimum atomic E-state index is -0.135. The van der Waals surface area contributed by atoms with E-state index in [2.05, 4.69) is 78.6 Å². The maximum atomic E-state index is 12.2. The van der Waals surface area contributed by atoms with Gasteiger partial charge in [-0.05, 0) is 78.6 Å². The van der Waals surface area contributed by atoms with Crippen molar-refractivity contribution in [1.29, 1.82) is 0 Å². The van der Waals surface area contributed by atoms with Crippen LogP contribution >= 0.6 is 0 Å². The number of piperidine rings is 1. The Labute approximate surface area is 202 Å². The number of esters is 1. The fraction of sp³-hybridized carbons (Fsp3) is 0.367. The zero-order chi connectivity index (χ0) is 23.5. The van der Waals surface area contributed by atoms with Crippen LogP contribution in [0, 0.1) is 6.92 Å². The lowest BCUT2D eigenvalue weighted by molar-refractivity contribution is -0.148. The number of hydrogen-bond acceptors (Lipinski definition) is 4. The summed E-state index contributed by atoms with van der Waals surface area (Å²) in [5.41, 5.74) is 7.64. The summed E-state index contributed by atoms with van der Waals surface area (Å²) in [5, 5.41) is 0. The molecule has 5 rings (SSSR count). The Morgan fingerprint density at radius 3 is 2.65 bits per heavy atom. The van der Waals surface area contributed by atoms with Crippen molar-refractivity contribution in [3.8, 4) is 16.9 Å². The van der Waals surface area contributed by atoms with E-state index in [0.29, 0.717) is 0 Å². The van der Waals surface area contributed by atoms with E-state index in [0.717, 1.165) is 56.5 Å². The lowest BCUT2D eigenvalue weighted by Crippen LogP contribution is -2.44. The van der Waals surface area contributed by atoms with Crippen molar-refractivity contribution >= 4 is 5.97 Å². The number of nitrogens with zero attached hydrogens (tertiary/aromatic N) is 1. The zero-order valence-electron chi connectivity index (χ0n) is 20.1. The molecule has 2 aliphatic rings. The number of likely N-dealkylation sites (tertiary alicyclic amines) is 1. The first-order chi connectivity index (χ1) is 16.6. The van der Waals surface area contributed by atoms with Gasteiger partial charge in [-0.2, -0.15) is 0 Å². The van der Waals surface area contributed by atoms with Gasteiger partial charge in [0.1, 0.15) is 17.9 Å². The maximum absolute atomic E-state index is 12.2. The number of methoxy groups -OCH3 is 1. The molecule has 0 bridgehead atoms. The second-order valence-corrected chi connectivity index (χ2v) is 9.49. The predicted molar refractivity (Wildman–Crippen MR) is 135 cm³/mol. The van der Waals surface area contributed by atoms with Crippen LogP contribution in [-0.4, -0.2) is 30.6 Å². The van der Waals surface area contributed by atoms with Crippen LogP contribution in [0.3, 0.4) is 0 Å². The van der Waals surface area contributed by atoms with E-state index in [9.17, 15) is 4.79 Å². The molecule has 1 saturated heterocycles. The second-order valence-electron chi connectivity index (χ2n) is 9.49. The molecule has 0 amide bonds. The van der Waals surface area contributed by atoms with E-state index in [4.69, 9.17) is 9.47 Å². The van der Waals surface area contributed by atoms with E-state index >= 15 is 0 Å². The number of carbonyl (C=O) groups is 1. The average molecular weight is 456 g/mol. The molecule has 3 aromatic rings. The van der Waals surface area contributed by atoms with Crippen LogP contribution < -0.4 is 4.74 Å². The molecule has 0 aromatic heterocycles. The van der Waals surface area contributed by atoms with E-state index < -0.39 is 0 Å². The third kappa shape index (κ3) is 4.60. The molecule has 1 heterocycles. The largest absolute Gasteiger partial charge is 0.485 e. The van der Waals surface area contributed by atoms with Crippen molar-refractivity contribution in [3.05, 3.63) is 89.0 Å². The first kappa shape index (κ1) is 22.7. The standard InChI is InChI=1S/C30H33NO3/c1-21-19-22(20-31-18-7-6-13-27(31)30(32)33-2)14-16-28(21)34-29-17-15-25-24(11-8-12-26(25)29)23-9-4-3-5-10-23/h3-5,8-12,14,16,19,27,29H,6-7,13,15,17-18,20H2,1-2H3/t27-,29?/m0/s1. The Morgan fingerprint density at radius 1 is 1.00 bits per heavy atom. The molecule has 1 aliphatic heterocycles. The van der Waals surface area contributed by atoms with Gasteiger partial charge < -0.3 is 9.47 Å². The van der Waals surface area contributed by atoms with Crippen molar-refractivity contribution in [3.63, 3.8) is 0 Å². The summed E-state index contributed by atoms with van der Waals surface area (Å²) in [6.45, 7) is 3.80. The third-order valence-corrected chi connectivity index (χ3v) is 7.28. The van der Waals surface area contributed by atoms with Crippen LogP contribution in [0.5, 0.6) is 5.75 Å². The molecule has 34 heavy (non-hydrogen) atoms. The molecule has 1 unspecified atom stereocenters. The number of hydrogen-bond donors (Lipinski definition) is 0. The second kappa shape index (κ2) is 10.0. The molecule has 1 aliphatic carbocycles. The molecule has 2 atom stereocenters. The summed E-state index contributed by atoms with van der Waals surface area (Å²) in [4.78, 5) is 14.5. The van der Waals surface area contributed by atoms with Crippen LogP contribution in [0.25, 0.3) is 11.1 Å². The Hall–Kier alpha value is -3.11. The molecule has 0 saturated carbocycles. The normalized spacial score (nSPS) is 20.1. The van der Waals surface area contributed by atoms with Gasteiger partial charge >= 0.3 is 5.97 Å². The fourth-order valence-electron chi connectivity index (χ4n) is 5.54. The summed E-state index contributed by atoms with van der Waals surface area (Å²) in [5.74, 6) is 0.820. The Morgan fingerprint density at radius 2 is 1.85 bits per heavy atom. The maximum Gasteiger partial charge on any atom is 0.323 e. The lowest BCUT2D eigenvalue weighted by atomic mass is 9.97. The summed E-state index contributed by atoms with van der Waals surface area (Å²) < 4.78 is 11.6. The fourth-order valence-corrected chi connectivity index (χ4v) is 5.54. The minimum Gasteiger partial charge on any atom is -0.485 e. The molecule has 0 spiro atoms. The van der Waals surface area contributed by atoms with Crippen LogP contribution in [0.4, 0.5) is 0 Å². The van der Waals surface area contributed by atoms with Gasteiger partial charge in [0.15, 0.2) is 0 Å². The smallest absolute Gasteiger partial charge is 0.323 e. The van der Waals surface area contributed by atoms with Crippen molar-refractivity contribution in [1.82, 2.24) is 4.90 Å². The van der Waals surface area contributed by atoms with Gasteiger partial charge in [-0.1, -0.05) is 67.1 Å². The van der Waals surface area contributed by atoms with Crippen molar-refractivity contribution in [2.45, 2.75) is 57.7 Å². The van der Waals surface area contributed by atoms with Crippen molar-refractivity contribution < 1.29 is 14.3 Å². The van der Waals surface area contributed by atoms with Crippen LogP contribution in [0.2, 0.25) is 0 Å². The van der Waals surface area contributed by atoms with Crippen molar-refractivity contribution in [2.24, 2.45) is 0 Å². The quantitative estimate of drug-likeness (QED) is 0.412. The minimum absolute atomic E-state index is 0.0778. The summed E-state index contributed by atoms with van der Waals surface area (Å²) in [6.07, 6.45) is 5.19. The first-order valence-electron chi connectivity index (χ1n) is 12.4. The number of ether oxygens (including phenoxy) is 2. The summed E-state index contributed by atoms with van der Waals surface area (Å²) in [7, 11) is 1.48. The highest BCUT2D eigenvalue weighted by Crippen LogP contribution is 2.40. The molecular weight excluding hydrogens is 422 g/mol. The molecule has 4 heteroatoms. The van der Waals surface area contributed by atoms with Gasteiger partial charge in [0.2, 0.25) is 0 Å². The Balaban J connectivity index is 1.31. The molecule has 4 nitrogen and oxygen atoms in total. The first-order valence-corrected chi connectivity index (χ1v) is 12.4. The van der Waals surface area contributed by atoms with Gasteiger partial charge in [0.25, 0.3) is 0 Å². The highest BCUT2D eigenvalue weighted by atomic mass is 16.5. The number of fused-ring (bicyclic) bond motifs is 1.